The molecular formula is C15H21NO2. The van der Waals surface area contributed by atoms with Crippen molar-refractivity contribution in [2.45, 2.75) is 32.2 Å². The van der Waals surface area contributed by atoms with Crippen LogP contribution in [0.2, 0.25) is 0 Å². The van der Waals surface area contributed by atoms with Gasteiger partial charge in [0.2, 0.25) is 0 Å². The maximum absolute atomic E-state index is 12.4. The van der Waals surface area contributed by atoms with Crippen molar-refractivity contribution in [2.75, 3.05) is 20.2 Å². The average Bonchev–Trinajstić information content (AvgIpc) is 2.35. The number of likely N-dealkylation sites (N-methyl/N-ethyl adjacent to an activating group) is 1. The van der Waals surface area contributed by atoms with E-state index >= 15 is 0 Å². The summed E-state index contributed by atoms with van der Waals surface area (Å²) in [6.07, 6.45) is 0. The third-order valence-corrected chi connectivity index (χ3v) is 4.05. The highest BCUT2D eigenvalue weighted by Gasteiger charge is 2.56. The van der Waals surface area contributed by atoms with Crippen LogP contribution in [-0.4, -0.2) is 37.1 Å². The van der Waals surface area contributed by atoms with E-state index in [9.17, 15) is 4.79 Å². The molecule has 2 atom stereocenters. The van der Waals surface area contributed by atoms with E-state index in [1.54, 1.807) is 0 Å². The molecule has 1 aliphatic heterocycles. The normalized spacial score (nSPS) is 27.7. The maximum Gasteiger partial charge on any atom is 0.319 e. The average molecular weight is 247 g/mol. The molecule has 0 spiro atoms. The van der Waals surface area contributed by atoms with Crippen LogP contribution in [-0.2, 0) is 14.9 Å². The van der Waals surface area contributed by atoms with E-state index in [0.29, 0.717) is 6.61 Å². The fourth-order valence-corrected chi connectivity index (χ4v) is 2.79. The number of ether oxygens (including phenoxy) is 1. The molecule has 0 aromatic heterocycles. The Morgan fingerprint density at radius 1 is 1.56 bits per heavy atom. The van der Waals surface area contributed by atoms with E-state index in [1.807, 2.05) is 26.1 Å². The van der Waals surface area contributed by atoms with Gasteiger partial charge in [-0.05, 0) is 33.4 Å². The molecule has 0 amide bonds. The van der Waals surface area contributed by atoms with Crippen molar-refractivity contribution < 1.29 is 9.53 Å². The number of nitrogens with zero attached hydrogens (tertiary/aromatic N) is 1. The number of carbonyl (C=O) groups is 1. The number of hydrogen-bond donors (Lipinski definition) is 0. The smallest absolute Gasteiger partial charge is 0.319 e. The molecule has 2 rings (SSSR count). The van der Waals surface area contributed by atoms with Gasteiger partial charge in [0.05, 0.1) is 6.61 Å². The summed E-state index contributed by atoms with van der Waals surface area (Å²) in [5.41, 5.74) is 1.76. The Bertz CT molecular complexity index is 458. The van der Waals surface area contributed by atoms with Crippen LogP contribution < -0.4 is 0 Å². The second-order valence-corrected chi connectivity index (χ2v) is 5.15. The van der Waals surface area contributed by atoms with E-state index in [4.69, 9.17) is 4.74 Å². The molecule has 1 aromatic rings. The standard InChI is InChI=1S/C15H21NO2/c1-5-18-14(17)15(10-16(4)12(15)3)13-8-6-7-11(2)9-13/h6-9,12H,5,10H2,1-4H3. The number of hydrogen-bond acceptors (Lipinski definition) is 3. The number of likely N-dealkylation sites (tertiary alicyclic amines) is 1. The van der Waals surface area contributed by atoms with Crippen molar-refractivity contribution in [2.24, 2.45) is 0 Å². The largest absolute Gasteiger partial charge is 0.465 e. The monoisotopic (exact) mass is 247 g/mol. The van der Waals surface area contributed by atoms with Crippen LogP contribution in [0.4, 0.5) is 0 Å². The van der Waals surface area contributed by atoms with E-state index in [2.05, 4.69) is 30.9 Å². The first-order valence-electron chi connectivity index (χ1n) is 6.47. The number of carbonyl (C=O) groups excluding carboxylic acids is 1. The number of benzene rings is 1. The van der Waals surface area contributed by atoms with Crippen LogP contribution in [0.15, 0.2) is 24.3 Å². The Kier molecular flexibility index (Phi) is 3.44. The molecule has 1 heterocycles. The number of rotatable bonds is 3. The van der Waals surface area contributed by atoms with Crippen molar-refractivity contribution >= 4 is 5.97 Å². The first kappa shape index (κ1) is 13.1. The lowest BCUT2D eigenvalue weighted by Crippen LogP contribution is -2.68. The van der Waals surface area contributed by atoms with E-state index in [1.165, 1.54) is 5.56 Å². The molecule has 1 aromatic carbocycles. The Balaban J connectivity index is 2.41. The van der Waals surface area contributed by atoms with E-state index < -0.39 is 5.41 Å². The molecule has 0 radical (unpaired) electrons. The summed E-state index contributed by atoms with van der Waals surface area (Å²) in [6.45, 7) is 7.16. The second kappa shape index (κ2) is 4.73. The molecule has 0 aliphatic carbocycles. The molecule has 1 aliphatic rings. The molecule has 98 valence electrons. The minimum absolute atomic E-state index is 0.0961. The molecule has 0 N–H and O–H groups in total. The third-order valence-electron chi connectivity index (χ3n) is 4.05. The van der Waals surface area contributed by atoms with Gasteiger partial charge in [-0.3, -0.25) is 4.79 Å². The van der Waals surface area contributed by atoms with Gasteiger partial charge in [-0.1, -0.05) is 29.8 Å². The van der Waals surface area contributed by atoms with Crippen molar-refractivity contribution in [3.63, 3.8) is 0 Å². The number of aryl methyl sites for hydroxylation is 1. The summed E-state index contributed by atoms with van der Waals surface area (Å²) in [5.74, 6) is -0.0961. The molecule has 3 heteroatoms. The molecule has 3 nitrogen and oxygen atoms in total. The SMILES string of the molecule is CCOC(=O)C1(c2cccc(C)c2)CN(C)C1C. The van der Waals surface area contributed by atoms with Crippen LogP contribution in [0.5, 0.6) is 0 Å². The van der Waals surface area contributed by atoms with E-state index in [0.717, 1.165) is 12.1 Å². The van der Waals surface area contributed by atoms with Crippen LogP contribution in [0.3, 0.4) is 0 Å². The van der Waals surface area contributed by atoms with Crippen molar-refractivity contribution in [3.8, 4) is 0 Å². The number of esters is 1. The molecule has 2 unspecified atom stereocenters. The van der Waals surface area contributed by atoms with Gasteiger partial charge >= 0.3 is 5.97 Å². The lowest BCUT2D eigenvalue weighted by molar-refractivity contribution is -0.161. The maximum atomic E-state index is 12.4. The van der Waals surface area contributed by atoms with Gasteiger partial charge in [-0.15, -0.1) is 0 Å². The second-order valence-electron chi connectivity index (χ2n) is 5.15. The van der Waals surface area contributed by atoms with Gasteiger partial charge in [-0.2, -0.15) is 0 Å². The third kappa shape index (κ3) is 1.83. The fraction of sp³-hybridized carbons (Fsp3) is 0.533. The van der Waals surface area contributed by atoms with Crippen LogP contribution in [0, 0.1) is 6.92 Å². The first-order chi connectivity index (χ1) is 8.52. The van der Waals surface area contributed by atoms with E-state index in [-0.39, 0.29) is 12.0 Å². The van der Waals surface area contributed by atoms with Crippen molar-refractivity contribution in [1.82, 2.24) is 4.90 Å². The Hall–Kier alpha value is -1.35. The van der Waals surface area contributed by atoms with Crippen LogP contribution in [0.1, 0.15) is 25.0 Å². The zero-order valence-corrected chi connectivity index (χ0v) is 11.6. The van der Waals surface area contributed by atoms with Gasteiger partial charge in [0, 0.05) is 12.6 Å². The summed E-state index contributed by atoms with van der Waals surface area (Å²) < 4.78 is 5.30. The lowest BCUT2D eigenvalue weighted by atomic mass is 9.67. The predicted molar refractivity (Wildman–Crippen MR) is 71.6 cm³/mol. The Morgan fingerprint density at radius 3 is 2.78 bits per heavy atom. The molecule has 0 bridgehead atoms. The van der Waals surface area contributed by atoms with Crippen molar-refractivity contribution in [3.05, 3.63) is 35.4 Å². The van der Waals surface area contributed by atoms with Gasteiger partial charge in [0.15, 0.2) is 0 Å². The van der Waals surface area contributed by atoms with Gasteiger partial charge in [0.25, 0.3) is 0 Å². The highest BCUT2D eigenvalue weighted by atomic mass is 16.5. The zero-order chi connectivity index (χ0) is 13.3. The predicted octanol–water partition coefficient (Wildman–Crippen LogP) is 2.13. The summed E-state index contributed by atoms with van der Waals surface area (Å²) in [6, 6.07) is 8.37. The summed E-state index contributed by atoms with van der Waals surface area (Å²) >= 11 is 0. The van der Waals surface area contributed by atoms with Gasteiger partial charge in [-0.25, -0.2) is 0 Å². The molecule has 18 heavy (non-hydrogen) atoms. The fourth-order valence-electron chi connectivity index (χ4n) is 2.79. The summed E-state index contributed by atoms with van der Waals surface area (Å²) in [7, 11) is 2.04. The summed E-state index contributed by atoms with van der Waals surface area (Å²) in [5, 5.41) is 0. The Labute approximate surface area is 109 Å². The lowest BCUT2D eigenvalue weighted by Gasteiger charge is -2.53. The van der Waals surface area contributed by atoms with Crippen molar-refractivity contribution in [1.29, 1.82) is 0 Å². The Morgan fingerprint density at radius 2 is 2.28 bits per heavy atom. The quantitative estimate of drug-likeness (QED) is 0.766. The van der Waals surface area contributed by atoms with Crippen LogP contribution >= 0.6 is 0 Å². The van der Waals surface area contributed by atoms with Crippen LogP contribution in [0.25, 0.3) is 0 Å². The first-order valence-corrected chi connectivity index (χ1v) is 6.47. The van der Waals surface area contributed by atoms with Gasteiger partial charge < -0.3 is 9.64 Å². The van der Waals surface area contributed by atoms with Gasteiger partial charge in [0.1, 0.15) is 5.41 Å². The molecule has 0 saturated carbocycles. The molecule has 1 saturated heterocycles. The molecule has 1 fully saturated rings. The minimum atomic E-state index is -0.489. The highest BCUT2D eigenvalue weighted by Crippen LogP contribution is 2.41. The minimum Gasteiger partial charge on any atom is -0.465 e. The zero-order valence-electron chi connectivity index (χ0n) is 11.6. The highest BCUT2D eigenvalue weighted by molar-refractivity contribution is 5.86. The topological polar surface area (TPSA) is 29.5 Å². The summed E-state index contributed by atoms with van der Waals surface area (Å²) in [4.78, 5) is 14.5. The molecular weight excluding hydrogens is 226 g/mol.